The third kappa shape index (κ3) is 3.92. The maximum atomic E-state index is 11.8. The molecule has 0 fully saturated rings. The predicted molar refractivity (Wildman–Crippen MR) is 75.9 cm³/mol. The molecule has 0 radical (unpaired) electrons. The first kappa shape index (κ1) is 15.9. The zero-order valence-corrected chi connectivity index (χ0v) is 12.6. The van der Waals surface area contributed by atoms with Gasteiger partial charge in [-0.25, -0.2) is 13.1 Å². The molecule has 1 aromatic carbocycles. The number of benzene rings is 1. The van der Waals surface area contributed by atoms with Crippen LogP contribution < -0.4 is 10.0 Å². The highest BCUT2D eigenvalue weighted by Gasteiger charge is 2.17. The summed E-state index contributed by atoms with van der Waals surface area (Å²) in [5, 5.41) is 2.64. The number of amides is 1. The first-order chi connectivity index (χ1) is 8.81. The van der Waals surface area contributed by atoms with Crippen LogP contribution in [0.5, 0.6) is 0 Å². The molecule has 19 heavy (non-hydrogen) atoms. The second-order valence-corrected chi connectivity index (χ2v) is 6.40. The number of sulfonamides is 1. The number of carbonyl (C=O) groups excluding carboxylic acids is 1. The fourth-order valence-electron chi connectivity index (χ4n) is 1.41. The topological polar surface area (TPSA) is 75.3 Å². The Balaban J connectivity index is 3.07. The lowest BCUT2D eigenvalue weighted by Crippen LogP contribution is -2.23. The van der Waals surface area contributed by atoms with Crippen molar-refractivity contribution in [1.29, 1.82) is 0 Å². The van der Waals surface area contributed by atoms with Gasteiger partial charge in [-0.2, -0.15) is 0 Å². The van der Waals surface area contributed by atoms with Crippen LogP contribution in [0.4, 0.5) is 5.69 Å². The Bertz CT molecular complexity index is 572. The maximum absolute atomic E-state index is 11.8. The number of anilines is 1. The van der Waals surface area contributed by atoms with E-state index in [0.717, 1.165) is 0 Å². The van der Waals surface area contributed by atoms with Crippen LogP contribution in [0.3, 0.4) is 0 Å². The number of aryl methyl sites for hydroxylation is 1. The van der Waals surface area contributed by atoms with E-state index in [1.165, 1.54) is 13.1 Å². The van der Waals surface area contributed by atoms with E-state index < -0.39 is 10.0 Å². The standard InChI is InChI=1S/C12H17ClN2O3S/c1-8-4-5-10(15-12(16)9(2)7-13)6-11(8)19(17,18)14-3/h4-6,9,14H,7H2,1-3H3,(H,15,16). The van der Waals surface area contributed by atoms with E-state index in [4.69, 9.17) is 11.6 Å². The van der Waals surface area contributed by atoms with Gasteiger partial charge >= 0.3 is 0 Å². The Labute approximate surface area is 118 Å². The summed E-state index contributed by atoms with van der Waals surface area (Å²) in [5.41, 5.74) is 1.04. The fraction of sp³-hybridized carbons (Fsp3) is 0.417. The molecule has 7 heteroatoms. The van der Waals surface area contributed by atoms with Gasteiger partial charge in [0, 0.05) is 17.5 Å². The normalized spacial score (nSPS) is 13.1. The number of hydrogen-bond donors (Lipinski definition) is 2. The van der Waals surface area contributed by atoms with Gasteiger partial charge < -0.3 is 5.32 Å². The van der Waals surface area contributed by atoms with Crippen LogP contribution in [0.25, 0.3) is 0 Å². The molecule has 5 nitrogen and oxygen atoms in total. The molecule has 0 aromatic heterocycles. The Morgan fingerprint density at radius 2 is 2.05 bits per heavy atom. The molecule has 0 aliphatic heterocycles. The number of carbonyl (C=O) groups is 1. The molecule has 0 aliphatic carbocycles. The molecular weight excluding hydrogens is 288 g/mol. The van der Waals surface area contributed by atoms with Gasteiger partial charge in [0.05, 0.1) is 4.90 Å². The second kappa shape index (κ2) is 6.36. The van der Waals surface area contributed by atoms with E-state index in [1.807, 2.05) is 0 Å². The summed E-state index contributed by atoms with van der Waals surface area (Å²) in [5.74, 6) is -0.377. The molecule has 2 N–H and O–H groups in total. The summed E-state index contributed by atoms with van der Waals surface area (Å²) in [6, 6.07) is 4.73. The third-order valence-electron chi connectivity index (χ3n) is 2.69. The number of alkyl halides is 1. The van der Waals surface area contributed by atoms with Gasteiger partial charge in [-0.15, -0.1) is 11.6 Å². The lowest BCUT2D eigenvalue weighted by Gasteiger charge is -2.12. The average Bonchev–Trinajstić information content (AvgIpc) is 2.39. The van der Waals surface area contributed by atoms with Crippen LogP contribution in [-0.4, -0.2) is 27.3 Å². The van der Waals surface area contributed by atoms with Crippen molar-refractivity contribution in [3.05, 3.63) is 23.8 Å². The van der Waals surface area contributed by atoms with Crippen molar-refractivity contribution in [3.63, 3.8) is 0 Å². The molecule has 1 amide bonds. The van der Waals surface area contributed by atoms with Crippen molar-refractivity contribution < 1.29 is 13.2 Å². The van der Waals surface area contributed by atoms with E-state index in [2.05, 4.69) is 10.0 Å². The van der Waals surface area contributed by atoms with E-state index in [1.54, 1.807) is 26.0 Å². The van der Waals surface area contributed by atoms with Crippen LogP contribution in [-0.2, 0) is 14.8 Å². The zero-order valence-electron chi connectivity index (χ0n) is 11.0. The van der Waals surface area contributed by atoms with E-state index in [9.17, 15) is 13.2 Å². The Hall–Kier alpha value is -1.11. The molecule has 0 saturated heterocycles. The fourth-order valence-corrected chi connectivity index (χ4v) is 2.55. The smallest absolute Gasteiger partial charge is 0.240 e. The quantitative estimate of drug-likeness (QED) is 0.813. The van der Waals surface area contributed by atoms with Gasteiger partial charge in [0.2, 0.25) is 15.9 Å². The predicted octanol–water partition coefficient (Wildman–Crippen LogP) is 1.72. The number of halogens is 1. The Morgan fingerprint density at radius 3 is 2.58 bits per heavy atom. The molecule has 0 aliphatic rings. The largest absolute Gasteiger partial charge is 0.326 e. The van der Waals surface area contributed by atoms with Crippen molar-refractivity contribution in [2.75, 3.05) is 18.2 Å². The summed E-state index contributed by atoms with van der Waals surface area (Å²) in [7, 11) is -2.20. The molecule has 1 atom stereocenters. The van der Waals surface area contributed by atoms with Crippen molar-refractivity contribution in [2.24, 2.45) is 5.92 Å². The van der Waals surface area contributed by atoms with Crippen LogP contribution in [0.15, 0.2) is 23.1 Å². The second-order valence-electron chi connectivity index (χ2n) is 4.23. The lowest BCUT2D eigenvalue weighted by molar-refractivity contribution is -0.118. The first-order valence-corrected chi connectivity index (χ1v) is 7.74. The highest BCUT2D eigenvalue weighted by atomic mass is 35.5. The van der Waals surface area contributed by atoms with Gasteiger partial charge in [-0.3, -0.25) is 4.79 Å². The zero-order chi connectivity index (χ0) is 14.6. The maximum Gasteiger partial charge on any atom is 0.240 e. The Morgan fingerprint density at radius 1 is 1.42 bits per heavy atom. The minimum Gasteiger partial charge on any atom is -0.326 e. The van der Waals surface area contributed by atoms with Gasteiger partial charge in [-0.1, -0.05) is 13.0 Å². The van der Waals surface area contributed by atoms with Crippen molar-refractivity contribution in [1.82, 2.24) is 4.72 Å². The summed E-state index contributed by atoms with van der Waals surface area (Å²) in [4.78, 5) is 11.8. The minimum atomic E-state index is -3.54. The van der Waals surface area contributed by atoms with Gasteiger partial charge in [0.15, 0.2) is 0 Å². The highest BCUT2D eigenvalue weighted by molar-refractivity contribution is 7.89. The van der Waals surface area contributed by atoms with Gasteiger partial charge in [0.25, 0.3) is 0 Å². The summed E-state index contributed by atoms with van der Waals surface area (Å²) in [6.45, 7) is 3.39. The van der Waals surface area contributed by atoms with E-state index in [-0.39, 0.29) is 22.6 Å². The molecule has 1 aromatic rings. The average molecular weight is 305 g/mol. The summed E-state index contributed by atoms with van der Waals surface area (Å²) >= 11 is 5.60. The van der Waals surface area contributed by atoms with Crippen LogP contribution in [0.2, 0.25) is 0 Å². The van der Waals surface area contributed by atoms with Crippen LogP contribution in [0, 0.1) is 12.8 Å². The summed E-state index contributed by atoms with van der Waals surface area (Å²) < 4.78 is 25.9. The summed E-state index contributed by atoms with van der Waals surface area (Å²) in [6.07, 6.45) is 0. The van der Waals surface area contributed by atoms with Crippen LogP contribution >= 0.6 is 11.6 Å². The molecule has 106 valence electrons. The van der Waals surface area contributed by atoms with E-state index in [0.29, 0.717) is 11.3 Å². The SMILES string of the molecule is CNS(=O)(=O)c1cc(NC(=O)C(C)CCl)ccc1C. The molecule has 1 unspecified atom stereocenters. The van der Waals surface area contributed by atoms with Crippen molar-refractivity contribution in [3.8, 4) is 0 Å². The van der Waals surface area contributed by atoms with Crippen LogP contribution in [0.1, 0.15) is 12.5 Å². The number of nitrogens with one attached hydrogen (secondary N) is 2. The number of rotatable bonds is 5. The molecule has 0 bridgehead atoms. The lowest BCUT2D eigenvalue weighted by atomic mass is 10.2. The van der Waals surface area contributed by atoms with E-state index >= 15 is 0 Å². The highest BCUT2D eigenvalue weighted by Crippen LogP contribution is 2.20. The van der Waals surface area contributed by atoms with Crippen molar-refractivity contribution >= 4 is 33.2 Å². The van der Waals surface area contributed by atoms with Gasteiger partial charge in [-0.05, 0) is 31.7 Å². The molecule has 1 rings (SSSR count). The first-order valence-electron chi connectivity index (χ1n) is 5.73. The molecule has 0 heterocycles. The monoisotopic (exact) mass is 304 g/mol. The molecular formula is C12H17ClN2O3S. The Kier molecular flexibility index (Phi) is 5.34. The minimum absolute atomic E-state index is 0.145. The van der Waals surface area contributed by atoms with Gasteiger partial charge in [0.1, 0.15) is 0 Å². The third-order valence-corrected chi connectivity index (χ3v) is 4.71. The number of hydrogen-bond acceptors (Lipinski definition) is 3. The molecule has 0 spiro atoms. The van der Waals surface area contributed by atoms with Crippen molar-refractivity contribution in [2.45, 2.75) is 18.7 Å². The molecule has 0 saturated carbocycles.